The summed E-state index contributed by atoms with van der Waals surface area (Å²) in [6.07, 6.45) is 2.66. The van der Waals surface area contributed by atoms with Crippen molar-refractivity contribution < 1.29 is 17.9 Å². The van der Waals surface area contributed by atoms with Gasteiger partial charge in [-0.3, -0.25) is 4.79 Å². The Morgan fingerprint density at radius 2 is 1.95 bits per heavy atom. The van der Waals surface area contributed by atoms with Gasteiger partial charge < -0.3 is 9.64 Å². The maximum atomic E-state index is 12.0. The van der Waals surface area contributed by atoms with E-state index in [1.807, 2.05) is 18.2 Å². The van der Waals surface area contributed by atoms with E-state index >= 15 is 0 Å². The van der Waals surface area contributed by atoms with Crippen LogP contribution in [0.5, 0.6) is 5.75 Å². The van der Waals surface area contributed by atoms with E-state index < -0.39 is 9.84 Å². The Hall–Kier alpha value is -1.27. The maximum absolute atomic E-state index is 12.0. The second-order valence-electron chi connectivity index (χ2n) is 5.51. The SMILES string of the molecule is CS(=O)(=O)CCC(=O)N1CCC(Oc2ccccc2Cl)CC1. The molecule has 0 unspecified atom stereocenters. The molecule has 1 aromatic carbocycles. The van der Waals surface area contributed by atoms with Crippen LogP contribution in [-0.2, 0) is 14.6 Å². The number of piperidine rings is 1. The molecular formula is C15H20ClNO4S. The summed E-state index contributed by atoms with van der Waals surface area (Å²) < 4.78 is 28.1. The lowest BCUT2D eigenvalue weighted by molar-refractivity contribution is -0.132. The van der Waals surface area contributed by atoms with Gasteiger partial charge in [0.15, 0.2) is 0 Å². The quantitative estimate of drug-likeness (QED) is 0.820. The molecule has 0 N–H and O–H groups in total. The summed E-state index contributed by atoms with van der Waals surface area (Å²) in [4.78, 5) is 13.7. The molecule has 1 heterocycles. The smallest absolute Gasteiger partial charge is 0.223 e. The third kappa shape index (κ3) is 5.18. The number of hydrogen-bond donors (Lipinski definition) is 0. The molecular weight excluding hydrogens is 326 g/mol. The lowest BCUT2D eigenvalue weighted by Gasteiger charge is -2.32. The number of rotatable bonds is 5. The summed E-state index contributed by atoms with van der Waals surface area (Å²) in [6, 6.07) is 7.32. The van der Waals surface area contributed by atoms with E-state index in [4.69, 9.17) is 16.3 Å². The van der Waals surface area contributed by atoms with E-state index in [0.717, 1.165) is 19.1 Å². The molecule has 1 aliphatic heterocycles. The first-order chi connectivity index (χ1) is 10.3. The van der Waals surface area contributed by atoms with E-state index in [2.05, 4.69) is 0 Å². The predicted molar refractivity (Wildman–Crippen MR) is 86.0 cm³/mol. The molecule has 0 aliphatic carbocycles. The highest BCUT2D eigenvalue weighted by Gasteiger charge is 2.24. The van der Waals surface area contributed by atoms with Crippen molar-refractivity contribution in [2.75, 3.05) is 25.1 Å². The van der Waals surface area contributed by atoms with Crippen molar-refractivity contribution in [3.05, 3.63) is 29.3 Å². The molecule has 1 saturated heterocycles. The summed E-state index contributed by atoms with van der Waals surface area (Å²) in [5.41, 5.74) is 0. The van der Waals surface area contributed by atoms with Crippen molar-refractivity contribution in [2.45, 2.75) is 25.4 Å². The minimum absolute atomic E-state index is 0.0267. The lowest BCUT2D eigenvalue weighted by Crippen LogP contribution is -2.42. The highest BCUT2D eigenvalue weighted by atomic mass is 35.5. The zero-order valence-electron chi connectivity index (χ0n) is 12.5. The number of sulfone groups is 1. The van der Waals surface area contributed by atoms with Crippen LogP contribution in [0.4, 0.5) is 0 Å². The Balaban J connectivity index is 1.80. The molecule has 0 atom stereocenters. The largest absolute Gasteiger partial charge is 0.489 e. The third-order valence-corrected chi connectivity index (χ3v) is 4.87. The van der Waals surface area contributed by atoms with Crippen LogP contribution in [0.3, 0.4) is 0 Å². The van der Waals surface area contributed by atoms with Gasteiger partial charge in [0.25, 0.3) is 0 Å². The van der Waals surface area contributed by atoms with Crippen LogP contribution in [0.1, 0.15) is 19.3 Å². The number of para-hydroxylation sites is 1. The Labute approximate surface area is 136 Å². The number of nitrogens with zero attached hydrogens (tertiary/aromatic N) is 1. The fraction of sp³-hybridized carbons (Fsp3) is 0.533. The zero-order valence-corrected chi connectivity index (χ0v) is 14.1. The normalized spacial score (nSPS) is 16.5. The van der Waals surface area contributed by atoms with E-state index in [-0.39, 0.29) is 24.2 Å². The maximum Gasteiger partial charge on any atom is 0.223 e. The van der Waals surface area contributed by atoms with E-state index in [0.29, 0.717) is 23.9 Å². The second-order valence-corrected chi connectivity index (χ2v) is 8.18. The number of carbonyl (C=O) groups is 1. The number of hydrogen-bond acceptors (Lipinski definition) is 4. The van der Waals surface area contributed by atoms with Crippen LogP contribution in [0, 0.1) is 0 Å². The highest BCUT2D eigenvalue weighted by Crippen LogP contribution is 2.26. The molecule has 22 heavy (non-hydrogen) atoms. The van der Waals surface area contributed by atoms with Gasteiger partial charge in [-0.2, -0.15) is 0 Å². The molecule has 1 aromatic rings. The summed E-state index contributed by atoms with van der Waals surface area (Å²) in [5, 5.41) is 0.578. The third-order valence-electron chi connectivity index (χ3n) is 3.61. The summed E-state index contributed by atoms with van der Waals surface area (Å²) >= 11 is 6.06. The van der Waals surface area contributed by atoms with Crippen molar-refractivity contribution in [1.29, 1.82) is 0 Å². The molecule has 0 aromatic heterocycles. The van der Waals surface area contributed by atoms with Gasteiger partial charge in [-0.1, -0.05) is 23.7 Å². The molecule has 0 radical (unpaired) electrons. The van der Waals surface area contributed by atoms with Crippen LogP contribution >= 0.6 is 11.6 Å². The van der Waals surface area contributed by atoms with Gasteiger partial charge >= 0.3 is 0 Å². The van der Waals surface area contributed by atoms with Crippen LogP contribution in [-0.4, -0.2) is 50.4 Å². The molecule has 0 bridgehead atoms. The van der Waals surface area contributed by atoms with Gasteiger partial charge in [0.2, 0.25) is 5.91 Å². The Bertz CT molecular complexity index is 624. The number of benzene rings is 1. The first kappa shape index (κ1) is 17.1. The topological polar surface area (TPSA) is 63.7 Å². The van der Waals surface area contributed by atoms with Crippen LogP contribution in [0.25, 0.3) is 0 Å². The number of carbonyl (C=O) groups excluding carboxylic acids is 1. The van der Waals surface area contributed by atoms with Gasteiger partial charge in [0.05, 0.1) is 10.8 Å². The van der Waals surface area contributed by atoms with Crippen LogP contribution in [0.2, 0.25) is 5.02 Å². The van der Waals surface area contributed by atoms with Gasteiger partial charge in [0.1, 0.15) is 21.7 Å². The number of likely N-dealkylation sites (tertiary alicyclic amines) is 1. The number of amides is 1. The molecule has 7 heteroatoms. The molecule has 2 rings (SSSR count). The zero-order chi connectivity index (χ0) is 16.2. The van der Waals surface area contributed by atoms with Gasteiger partial charge in [-0.05, 0) is 12.1 Å². The summed E-state index contributed by atoms with van der Waals surface area (Å²) in [7, 11) is -3.10. The first-order valence-electron chi connectivity index (χ1n) is 7.22. The molecule has 1 fully saturated rings. The van der Waals surface area contributed by atoms with Gasteiger partial charge in [-0.15, -0.1) is 0 Å². The van der Waals surface area contributed by atoms with E-state index in [1.54, 1.807) is 11.0 Å². The molecule has 5 nitrogen and oxygen atoms in total. The van der Waals surface area contributed by atoms with Crippen molar-refractivity contribution >= 4 is 27.3 Å². The molecule has 122 valence electrons. The molecule has 0 spiro atoms. The van der Waals surface area contributed by atoms with Gasteiger partial charge in [0, 0.05) is 38.6 Å². The Morgan fingerprint density at radius 3 is 2.55 bits per heavy atom. The lowest BCUT2D eigenvalue weighted by atomic mass is 10.1. The standard InChI is InChI=1S/C15H20ClNO4S/c1-22(19,20)11-8-15(18)17-9-6-12(7-10-17)21-14-5-3-2-4-13(14)16/h2-5,12H,6-11H2,1H3. The highest BCUT2D eigenvalue weighted by molar-refractivity contribution is 7.90. The van der Waals surface area contributed by atoms with Crippen molar-refractivity contribution in [2.24, 2.45) is 0 Å². The Morgan fingerprint density at radius 1 is 1.32 bits per heavy atom. The molecule has 0 saturated carbocycles. The summed E-state index contributed by atoms with van der Waals surface area (Å²) in [5.74, 6) is 0.453. The second kappa shape index (κ2) is 7.33. The molecule has 1 aliphatic rings. The van der Waals surface area contributed by atoms with Crippen molar-refractivity contribution in [3.8, 4) is 5.75 Å². The fourth-order valence-corrected chi connectivity index (χ4v) is 3.10. The van der Waals surface area contributed by atoms with Crippen molar-refractivity contribution in [1.82, 2.24) is 4.90 Å². The van der Waals surface area contributed by atoms with E-state index in [9.17, 15) is 13.2 Å². The minimum Gasteiger partial charge on any atom is -0.489 e. The first-order valence-corrected chi connectivity index (χ1v) is 9.66. The van der Waals surface area contributed by atoms with Gasteiger partial charge in [-0.25, -0.2) is 8.42 Å². The number of halogens is 1. The Kier molecular flexibility index (Phi) is 5.69. The average Bonchev–Trinajstić information content (AvgIpc) is 2.47. The summed E-state index contributed by atoms with van der Waals surface area (Å²) in [6.45, 7) is 1.16. The minimum atomic E-state index is -3.10. The predicted octanol–water partition coefficient (Wildman–Crippen LogP) is 2.14. The molecule has 1 amide bonds. The van der Waals surface area contributed by atoms with Crippen molar-refractivity contribution in [3.63, 3.8) is 0 Å². The van der Waals surface area contributed by atoms with Crippen LogP contribution < -0.4 is 4.74 Å². The fourth-order valence-electron chi connectivity index (χ4n) is 2.37. The monoisotopic (exact) mass is 345 g/mol. The van der Waals surface area contributed by atoms with Crippen LogP contribution in [0.15, 0.2) is 24.3 Å². The average molecular weight is 346 g/mol. The number of ether oxygens (including phenoxy) is 1. The van der Waals surface area contributed by atoms with E-state index in [1.165, 1.54) is 0 Å².